The maximum Gasteiger partial charge on any atom is 0.336 e. The van der Waals surface area contributed by atoms with Crippen molar-refractivity contribution in [2.45, 2.75) is 19.8 Å². The molecule has 0 spiro atoms. The van der Waals surface area contributed by atoms with Crippen LogP contribution in [-0.2, 0) is 9.53 Å². The third-order valence-corrected chi connectivity index (χ3v) is 3.60. The van der Waals surface area contributed by atoms with Gasteiger partial charge in [-0.15, -0.1) is 0 Å². The number of nitrogens with zero attached hydrogens (tertiary/aromatic N) is 2. The summed E-state index contributed by atoms with van der Waals surface area (Å²) in [5.74, 6) is 0.258. The zero-order chi connectivity index (χ0) is 16.6. The van der Waals surface area contributed by atoms with Crippen molar-refractivity contribution in [3.63, 3.8) is 0 Å². The van der Waals surface area contributed by atoms with Crippen molar-refractivity contribution in [1.29, 1.82) is 0 Å². The first-order valence-corrected chi connectivity index (χ1v) is 7.14. The number of carbonyl (C=O) groups excluding carboxylic acids is 1. The lowest BCUT2D eigenvalue weighted by Crippen LogP contribution is -2.26. The van der Waals surface area contributed by atoms with Crippen LogP contribution in [0.5, 0.6) is 0 Å². The number of ether oxygens (including phenoxy) is 1. The molecule has 0 fully saturated rings. The molecule has 1 atom stereocenters. The lowest BCUT2D eigenvalue weighted by molar-refractivity contribution is -0.138. The minimum atomic E-state index is -0.555. The quantitative estimate of drug-likeness (QED) is 0.729. The smallest absolute Gasteiger partial charge is 0.336 e. The summed E-state index contributed by atoms with van der Waals surface area (Å²) in [4.78, 5) is 20.6. The van der Waals surface area contributed by atoms with Gasteiger partial charge in [-0.1, -0.05) is 0 Å². The minimum absolute atomic E-state index is 0.0549. The van der Waals surface area contributed by atoms with Crippen molar-refractivity contribution in [3.8, 4) is 0 Å². The van der Waals surface area contributed by atoms with E-state index in [4.69, 9.17) is 20.6 Å². The molecule has 2 aromatic rings. The Morgan fingerprint density at radius 2 is 2.22 bits per heavy atom. The third-order valence-electron chi connectivity index (χ3n) is 3.60. The standard InChI is InChI=1S/C15H17N5O3/c1-3-22-14(21)9-7(2)18-13-11(12(16)19-15(17)20-13)10(9)8-5-4-6-23-8/h4-6,10H,3H2,1-2H3,(H5,16,17,18,19,20). The summed E-state index contributed by atoms with van der Waals surface area (Å²) in [5, 5.41) is 3.05. The molecule has 8 nitrogen and oxygen atoms in total. The normalized spacial score (nSPS) is 16.7. The van der Waals surface area contributed by atoms with Crippen LogP contribution in [0.2, 0.25) is 0 Å². The molecule has 3 rings (SSSR count). The monoisotopic (exact) mass is 315 g/mol. The predicted octanol–water partition coefficient (Wildman–Crippen LogP) is 1.63. The summed E-state index contributed by atoms with van der Waals surface area (Å²) in [6, 6.07) is 3.51. The highest BCUT2D eigenvalue weighted by Crippen LogP contribution is 2.43. The Morgan fingerprint density at radius 1 is 1.43 bits per heavy atom. The van der Waals surface area contributed by atoms with Gasteiger partial charge in [-0.05, 0) is 26.0 Å². The van der Waals surface area contributed by atoms with Crippen LogP contribution < -0.4 is 16.8 Å². The topological polar surface area (TPSA) is 129 Å². The van der Waals surface area contributed by atoms with E-state index in [1.165, 1.54) is 6.26 Å². The van der Waals surface area contributed by atoms with Gasteiger partial charge in [-0.2, -0.15) is 9.97 Å². The van der Waals surface area contributed by atoms with Crippen LogP contribution in [0.25, 0.3) is 0 Å². The number of hydrogen-bond acceptors (Lipinski definition) is 8. The average Bonchev–Trinajstić information content (AvgIpc) is 2.99. The van der Waals surface area contributed by atoms with Crippen LogP contribution in [0.3, 0.4) is 0 Å². The van der Waals surface area contributed by atoms with Gasteiger partial charge in [0.1, 0.15) is 17.4 Å². The van der Waals surface area contributed by atoms with Gasteiger partial charge in [-0.25, -0.2) is 4.79 Å². The van der Waals surface area contributed by atoms with Crippen molar-refractivity contribution >= 4 is 23.6 Å². The van der Waals surface area contributed by atoms with Crippen LogP contribution in [0.15, 0.2) is 34.1 Å². The molecule has 23 heavy (non-hydrogen) atoms. The van der Waals surface area contributed by atoms with Crippen molar-refractivity contribution < 1.29 is 13.9 Å². The van der Waals surface area contributed by atoms with Crippen LogP contribution >= 0.6 is 0 Å². The molecule has 0 saturated heterocycles. The Kier molecular flexibility index (Phi) is 3.65. The first-order valence-electron chi connectivity index (χ1n) is 7.14. The van der Waals surface area contributed by atoms with E-state index in [0.29, 0.717) is 28.4 Å². The van der Waals surface area contributed by atoms with E-state index < -0.39 is 11.9 Å². The summed E-state index contributed by atoms with van der Waals surface area (Å²) in [5.41, 5.74) is 13.3. The average molecular weight is 315 g/mol. The minimum Gasteiger partial charge on any atom is -0.468 e. The SMILES string of the molecule is CCOC(=O)C1=C(C)Nc2nc(N)nc(N)c2C1c1ccco1. The first-order chi connectivity index (χ1) is 11.0. The number of fused-ring (bicyclic) bond motifs is 1. The van der Waals surface area contributed by atoms with Gasteiger partial charge in [0, 0.05) is 5.70 Å². The number of anilines is 3. The predicted molar refractivity (Wildman–Crippen MR) is 84.4 cm³/mol. The highest BCUT2D eigenvalue weighted by atomic mass is 16.5. The van der Waals surface area contributed by atoms with E-state index >= 15 is 0 Å². The fourth-order valence-electron chi connectivity index (χ4n) is 2.71. The fraction of sp³-hybridized carbons (Fsp3) is 0.267. The van der Waals surface area contributed by atoms with Crippen molar-refractivity contribution in [1.82, 2.24) is 9.97 Å². The highest BCUT2D eigenvalue weighted by molar-refractivity contribution is 5.95. The van der Waals surface area contributed by atoms with Gasteiger partial charge in [0.15, 0.2) is 0 Å². The van der Waals surface area contributed by atoms with Gasteiger partial charge in [0.05, 0.1) is 29.9 Å². The van der Waals surface area contributed by atoms with E-state index in [9.17, 15) is 4.79 Å². The second kappa shape index (κ2) is 5.64. The molecule has 1 aliphatic heterocycles. The molecule has 0 amide bonds. The Labute approximate surface area is 132 Å². The first kappa shape index (κ1) is 14.9. The molecule has 0 aromatic carbocycles. The molecule has 1 aliphatic rings. The van der Waals surface area contributed by atoms with Crippen LogP contribution in [0.4, 0.5) is 17.6 Å². The van der Waals surface area contributed by atoms with Crippen molar-refractivity contribution in [2.24, 2.45) is 0 Å². The van der Waals surface area contributed by atoms with Crippen LogP contribution in [-0.4, -0.2) is 22.5 Å². The summed E-state index contributed by atoms with van der Waals surface area (Å²) in [6.45, 7) is 3.78. The van der Waals surface area contributed by atoms with Crippen molar-refractivity contribution in [3.05, 3.63) is 41.0 Å². The number of allylic oxidation sites excluding steroid dienone is 1. The molecule has 0 bridgehead atoms. The molecule has 2 aromatic heterocycles. The summed E-state index contributed by atoms with van der Waals surface area (Å²) in [7, 11) is 0. The molecule has 1 unspecified atom stereocenters. The van der Waals surface area contributed by atoms with E-state index in [2.05, 4.69) is 15.3 Å². The number of hydrogen-bond donors (Lipinski definition) is 3. The lowest BCUT2D eigenvalue weighted by atomic mass is 9.85. The Balaban J connectivity index is 2.22. The zero-order valence-electron chi connectivity index (χ0n) is 12.8. The molecule has 120 valence electrons. The number of nitrogen functional groups attached to an aromatic ring is 2. The number of rotatable bonds is 3. The summed E-state index contributed by atoms with van der Waals surface area (Å²) < 4.78 is 10.7. The fourth-order valence-corrected chi connectivity index (χ4v) is 2.71. The Bertz CT molecular complexity index is 783. The van der Waals surface area contributed by atoms with Gasteiger partial charge in [0.2, 0.25) is 5.95 Å². The van der Waals surface area contributed by atoms with E-state index in [1.54, 1.807) is 26.0 Å². The number of carbonyl (C=O) groups is 1. The largest absolute Gasteiger partial charge is 0.468 e. The van der Waals surface area contributed by atoms with Gasteiger partial charge in [-0.3, -0.25) is 0 Å². The molecule has 8 heteroatoms. The third kappa shape index (κ3) is 2.48. The molecular weight excluding hydrogens is 298 g/mol. The van der Waals surface area contributed by atoms with E-state index in [0.717, 1.165) is 0 Å². The maximum atomic E-state index is 12.4. The number of aromatic nitrogens is 2. The zero-order valence-corrected chi connectivity index (χ0v) is 12.8. The Hall–Kier alpha value is -3.03. The highest BCUT2D eigenvalue weighted by Gasteiger charge is 2.37. The number of esters is 1. The summed E-state index contributed by atoms with van der Waals surface area (Å²) >= 11 is 0. The van der Waals surface area contributed by atoms with Gasteiger partial charge < -0.3 is 25.9 Å². The van der Waals surface area contributed by atoms with Gasteiger partial charge >= 0.3 is 5.97 Å². The number of nitrogens with two attached hydrogens (primary N) is 2. The molecule has 0 saturated carbocycles. The summed E-state index contributed by atoms with van der Waals surface area (Å²) in [6.07, 6.45) is 1.53. The van der Waals surface area contributed by atoms with Gasteiger partial charge in [0.25, 0.3) is 0 Å². The van der Waals surface area contributed by atoms with Crippen LogP contribution in [0, 0.1) is 0 Å². The Morgan fingerprint density at radius 3 is 2.87 bits per heavy atom. The number of furan rings is 1. The number of nitrogens with one attached hydrogen (secondary N) is 1. The molecule has 0 aliphatic carbocycles. The second-order valence-corrected chi connectivity index (χ2v) is 5.06. The lowest BCUT2D eigenvalue weighted by Gasteiger charge is -2.28. The molecular formula is C15H17N5O3. The second-order valence-electron chi connectivity index (χ2n) is 5.06. The van der Waals surface area contributed by atoms with Crippen LogP contribution in [0.1, 0.15) is 31.1 Å². The van der Waals surface area contributed by atoms with Crippen molar-refractivity contribution in [2.75, 3.05) is 23.4 Å². The van der Waals surface area contributed by atoms with E-state index in [-0.39, 0.29) is 18.4 Å². The van der Waals surface area contributed by atoms with E-state index in [1.807, 2.05) is 0 Å². The molecule has 0 radical (unpaired) electrons. The maximum absolute atomic E-state index is 12.4. The molecule has 5 N–H and O–H groups in total. The molecule has 3 heterocycles.